The van der Waals surface area contributed by atoms with Gasteiger partial charge < -0.3 is 48.6 Å². The summed E-state index contributed by atoms with van der Waals surface area (Å²) in [6.07, 6.45) is 14.4. The van der Waals surface area contributed by atoms with Gasteiger partial charge in [-0.3, -0.25) is 4.79 Å². The molecule has 5 aliphatic heterocycles. The van der Waals surface area contributed by atoms with E-state index < -0.39 is 66.2 Å². The summed E-state index contributed by atoms with van der Waals surface area (Å²) in [5.74, 6) is -1.83. The average Bonchev–Trinajstić information content (AvgIpc) is 3.50. The summed E-state index contributed by atoms with van der Waals surface area (Å²) in [7, 11) is 1.59. The number of ether oxygens (including phenoxy) is 7. The van der Waals surface area contributed by atoms with E-state index >= 15 is 0 Å². The molecular weight excluding hydrogens is 706 g/mol. The second-order valence-corrected chi connectivity index (χ2v) is 17.4. The molecule has 2 bridgehead atoms. The van der Waals surface area contributed by atoms with Crippen molar-refractivity contribution < 1.29 is 53.4 Å². The minimum absolute atomic E-state index is 0.0359. The average molecular weight is 770 g/mol. The van der Waals surface area contributed by atoms with Crippen LogP contribution in [0.5, 0.6) is 0 Å². The Kier molecular flexibility index (Phi) is 12.5. The number of rotatable bonds is 4. The summed E-state index contributed by atoms with van der Waals surface area (Å²) in [6, 6.07) is 0. The van der Waals surface area contributed by atoms with E-state index in [0.717, 1.165) is 24.8 Å². The summed E-state index contributed by atoms with van der Waals surface area (Å²) < 4.78 is 45.1. The number of hydrogen-bond donors (Lipinski definition) is 3. The lowest BCUT2D eigenvalue weighted by Crippen LogP contribution is -2.57. The van der Waals surface area contributed by atoms with Gasteiger partial charge in [-0.25, -0.2) is 0 Å². The number of aliphatic hydroxyl groups is 2. The minimum Gasteiger partial charge on any atom is -0.462 e. The van der Waals surface area contributed by atoms with E-state index in [9.17, 15) is 20.2 Å². The van der Waals surface area contributed by atoms with Gasteiger partial charge >= 0.3 is 5.97 Å². The maximum absolute atomic E-state index is 14.4. The maximum Gasteiger partial charge on any atom is 0.316 e. The molecule has 5 fully saturated rings. The Morgan fingerprint density at radius 2 is 1.80 bits per heavy atom. The predicted octanol–water partition coefficient (Wildman–Crippen LogP) is 6.07. The van der Waals surface area contributed by atoms with Crippen LogP contribution in [-0.4, -0.2) is 107 Å². The first-order valence-corrected chi connectivity index (χ1v) is 20.7. The smallest absolute Gasteiger partial charge is 0.316 e. The lowest BCUT2D eigenvalue weighted by atomic mass is 9.71. The van der Waals surface area contributed by atoms with Crippen molar-refractivity contribution in [3.63, 3.8) is 0 Å². The number of aliphatic hydroxyl groups excluding tert-OH is 1. The fraction of sp³-hybridized carbons (Fsp3) is 0.767. The van der Waals surface area contributed by atoms with Gasteiger partial charge in [-0.05, 0) is 75.0 Å². The van der Waals surface area contributed by atoms with Crippen LogP contribution in [0.4, 0.5) is 0 Å². The van der Waals surface area contributed by atoms with E-state index in [1.807, 2.05) is 19.1 Å². The van der Waals surface area contributed by atoms with Gasteiger partial charge in [0.25, 0.3) is 0 Å². The van der Waals surface area contributed by atoms with Crippen molar-refractivity contribution in [1.82, 2.24) is 0 Å². The van der Waals surface area contributed by atoms with E-state index in [-0.39, 0.29) is 30.4 Å². The molecule has 4 saturated heterocycles. The van der Waals surface area contributed by atoms with E-state index in [1.165, 1.54) is 19.3 Å². The number of esters is 1. The number of hydrogen-bond acceptors (Lipinski definition) is 12. The first-order chi connectivity index (χ1) is 26.4. The van der Waals surface area contributed by atoms with Crippen molar-refractivity contribution in [2.24, 2.45) is 28.8 Å². The van der Waals surface area contributed by atoms with Gasteiger partial charge in [0.05, 0.1) is 37.1 Å². The van der Waals surface area contributed by atoms with Crippen molar-refractivity contribution in [1.29, 1.82) is 0 Å². The van der Waals surface area contributed by atoms with Gasteiger partial charge in [0.15, 0.2) is 12.1 Å². The van der Waals surface area contributed by atoms with Gasteiger partial charge in [-0.15, -0.1) is 0 Å². The normalized spacial score (nSPS) is 47.9. The molecule has 3 N–H and O–H groups in total. The Morgan fingerprint density at radius 1 is 1.02 bits per heavy atom. The molecule has 0 aromatic heterocycles. The Hall–Kier alpha value is -2.42. The maximum atomic E-state index is 14.4. The molecule has 0 amide bonds. The second-order valence-electron chi connectivity index (χ2n) is 17.4. The lowest BCUT2D eigenvalue weighted by Gasteiger charge is -2.51. The Labute approximate surface area is 325 Å². The molecule has 0 aromatic rings. The standard InChI is InChI=1S/C43H63NO11/c1-24-11-10-14-30-23-50-40-36(44-48)27(4)19-33(43(30,40)47)41(46)52-32-20-31(16-15-25(2)38(24)53-35-21-34(49-6)37(45)28(5)51-35)54-42(22-32)18-17-26(3)39(55-42)29-12-8-7-9-13-29/h10-11,14-15,19,24,26,28-29,31-35,37-40,45,47-48H,7-9,12-13,16-18,20-23H2,1-6H3/b11-10+,25-15+,30-14+,44-36-/t24-,26-,28?,31+,32-,33-,34+,35-,37-,38-,39-,40+,42?,43+/m0/s1. The molecular formula is C43H63NO11. The topological polar surface area (TPSA) is 155 Å². The first-order valence-electron chi connectivity index (χ1n) is 20.7. The van der Waals surface area contributed by atoms with E-state index in [1.54, 1.807) is 26.2 Å². The third kappa shape index (κ3) is 8.17. The largest absolute Gasteiger partial charge is 0.462 e. The minimum atomic E-state index is -1.83. The zero-order valence-corrected chi connectivity index (χ0v) is 33.4. The molecule has 2 unspecified atom stereocenters. The second kappa shape index (κ2) is 16.8. The van der Waals surface area contributed by atoms with E-state index in [4.69, 9.17) is 33.2 Å². The van der Waals surface area contributed by atoms with Crippen molar-refractivity contribution in [3.8, 4) is 0 Å². The Balaban J connectivity index is 1.25. The molecule has 306 valence electrons. The van der Waals surface area contributed by atoms with Crippen LogP contribution in [0.3, 0.4) is 0 Å². The summed E-state index contributed by atoms with van der Waals surface area (Å²) in [4.78, 5) is 14.4. The van der Waals surface area contributed by atoms with E-state index in [0.29, 0.717) is 55.1 Å². The fourth-order valence-corrected chi connectivity index (χ4v) is 10.4. The Morgan fingerprint density at radius 3 is 2.55 bits per heavy atom. The quantitative estimate of drug-likeness (QED) is 0.132. The van der Waals surface area contributed by atoms with Crippen molar-refractivity contribution in [2.75, 3.05) is 13.7 Å². The number of carbonyl (C=O) groups excluding carboxylic acids is 1. The molecule has 2 aliphatic carbocycles. The SMILES string of the molecule is CO[C@@H]1C[C@H](O[C@@H]2/C(C)=C/C[C@@H]3C[C@@H](CC4(CC[C@H](C)[C@@H](C5CCCCC5)O4)O3)OC(=O)[C@@H]3C=C(C)/C(=N/O)[C@H]4OC/C(=C\C=C\[C@@H]2C)[C@]43O)OC(C)[C@@H]1O. The molecule has 0 aromatic carbocycles. The third-order valence-corrected chi connectivity index (χ3v) is 13.6. The van der Waals surface area contributed by atoms with Crippen molar-refractivity contribution in [2.45, 2.75) is 172 Å². The first kappa shape index (κ1) is 40.8. The fourth-order valence-electron chi connectivity index (χ4n) is 10.4. The molecule has 14 atom stereocenters. The van der Waals surface area contributed by atoms with Crippen LogP contribution in [0, 0.1) is 23.7 Å². The van der Waals surface area contributed by atoms with Crippen LogP contribution in [0.25, 0.3) is 0 Å². The Bertz CT molecular complexity index is 1550. The van der Waals surface area contributed by atoms with Crippen molar-refractivity contribution >= 4 is 11.7 Å². The van der Waals surface area contributed by atoms with Crippen LogP contribution < -0.4 is 0 Å². The highest BCUT2D eigenvalue weighted by Crippen LogP contribution is 2.48. The van der Waals surface area contributed by atoms with Gasteiger partial charge in [0.1, 0.15) is 35.5 Å². The molecule has 7 rings (SSSR count). The summed E-state index contributed by atoms with van der Waals surface area (Å²) in [5, 5.41) is 36.7. The van der Waals surface area contributed by atoms with Gasteiger partial charge in [0, 0.05) is 38.7 Å². The van der Waals surface area contributed by atoms with Crippen LogP contribution >= 0.6 is 0 Å². The van der Waals surface area contributed by atoms with Gasteiger partial charge in [-0.1, -0.05) is 68.6 Å². The predicted molar refractivity (Wildman–Crippen MR) is 203 cm³/mol. The number of fused-ring (bicyclic) bond motifs is 2. The number of allylic oxidation sites excluding steroid dienone is 2. The molecule has 1 spiro atoms. The highest BCUT2D eigenvalue weighted by Gasteiger charge is 2.60. The molecule has 55 heavy (non-hydrogen) atoms. The van der Waals surface area contributed by atoms with Crippen LogP contribution in [0.1, 0.15) is 105 Å². The highest BCUT2D eigenvalue weighted by molar-refractivity contribution is 6.06. The molecule has 5 heterocycles. The number of nitrogens with zero attached hydrogens (tertiary/aromatic N) is 1. The lowest BCUT2D eigenvalue weighted by molar-refractivity contribution is -0.342. The molecule has 0 radical (unpaired) electrons. The van der Waals surface area contributed by atoms with Gasteiger partial charge in [0.2, 0.25) is 0 Å². The highest BCUT2D eigenvalue weighted by atomic mass is 16.7. The number of carbonyl (C=O) groups is 1. The van der Waals surface area contributed by atoms with Crippen LogP contribution in [-0.2, 0) is 38.0 Å². The van der Waals surface area contributed by atoms with Crippen LogP contribution in [0.15, 0.2) is 52.3 Å². The summed E-state index contributed by atoms with van der Waals surface area (Å²) >= 11 is 0. The molecule has 1 saturated carbocycles. The van der Waals surface area contributed by atoms with Crippen molar-refractivity contribution in [3.05, 3.63) is 47.1 Å². The summed E-state index contributed by atoms with van der Waals surface area (Å²) in [5.41, 5.74) is 0.362. The summed E-state index contributed by atoms with van der Waals surface area (Å²) in [6.45, 7) is 10.0. The third-order valence-electron chi connectivity index (χ3n) is 13.6. The number of methoxy groups -OCH3 is 1. The number of oxime groups is 1. The molecule has 7 aliphatic rings. The van der Waals surface area contributed by atoms with Crippen LogP contribution in [0.2, 0.25) is 0 Å². The zero-order valence-electron chi connectivity index (χ0n) is 33.4. The van der Waals surface area contributed by atoms with Gasteiger partial charge in [-0.2, -0.15) is 0 Å². The molecule has 12 nitrogen and oxygen atoms in total. The zero-order chi connectivity index (χ0) is 39.1. The monoisotopic (exact) mass is 769 g/mol. The molecule has 12 heteroatoms. The van der Waals surface area contributed by atoms with E-state index in [2.05, 4.69) is 32.0 Å².